The molecule has 0 saturated heterocycles. The van der Waals surface area contributed by atoms with E-state index in [1.807, 2.05) is 24.3 Å². The Hall–Kier alpha value is -3.43. The van der Waals surface area contributed by atoms with Gasteiger partial charge in [-0.25, -0.2) is 15.1 Å². The summed E-state index contributed by atoms with van der Waals surface area (Å²) < 4.78 is 10.4. The van der Waals surface area contributed by atoms with E-state index in [4.69, 9.17) is 19.4 Å². The number of alkyl carbamates (subject to hydrolysis) is 1. The molecule has 0 heterocycles. The first-order valence-electron chi connectivity index (χ1n) is 11.8. The van der Waals surface area contributed by atoms with E-state index in [9.17, 15) is 14.4 Å². The van der Waals surface area contributed by atoms with Crippen LogP contribution in [0.2, 0.25) is 0 Å². The number of ether oxygens (including phenoxy) is 2. The van der Waals surface area contributed by atoms with Crippen LogP contribution in [0.3, 0.4) is 0 Å². The molecule has 0 aromatic heterocycles. The lowest BCUT2D eigenvalue weighted by Gasteiger charge is -2.29. The highest BCUT2D eigenvalue weighted by atomic mass is 16.7. The SMILES string of the molecule is COCC(ONC(=O)[C@@H]1CCC[C@@H](NC(=O)OCC2c3ccccc3-c3ccccc32)C1)C(=O)O. The fourth-order valence-corrected chi connectivity index (χ4v) is 4.89. The lowest BCUT2D eigenvalue weighted by Crippen LogP contribution is -2.44. The predicted molar refractivity (Wildman–Crippen MR) is 126 cm³/mol. The Balaban J connectivity index is 1.28. The highest BCUT2D eigenvalue weighted by Gasteiger charge is 2.32. The number of aliphatic carboxylic acids is 1. The molecule has 0 aliphatic heterocycles. The van der Waals surface area contributed by atoms with E-state index < -0.39 is 30.0 Å². The van der Waals surface area contributed by atoms with Crippen molar-refractivity contribution in [2.45, 2.75) is 43.7 Å². The summed E-state index contributed by atoms with van der Waals surface area (Å²) in [6.45, 7) is 0.0344. The van der Waals surface area contributed by atoms with Crippen LogP contribution >= 0.6 is 0 Å². The molecule has 2 aliphatic carbocycles. The maximum atomic E-state index is 12.6. The smallest absolute Gasteiger partial charge is 0.407 e. The molecule has 2 aliphatic rings. The fourth-order valence-electron chi connectivity index (χ4n) is 4.89. The number of benzene rings is 2. The van der Waals surface area contributed by atoms with Crippen LogP contribution in [-0.2, 0) is 23.9 Å². The Morgan fingerprint density at radius 1 is 1.03 bits per heavy atom. The highest BCUT2D eigenvalue weighted by molar-refractivity contribution is 5.80. The molecule has 0 spiro atoms. The summed E-state index contributed by atoms with van der Waals surface area (Å²) in [7, 11) is 1.35. The molecule has 35 heavy (non-hydrogen) atoms. The first-order valence-corrected chi connectivity index (χ1v) is 11.8. The van der Waals surface area contributed by atoms with Gasteiger partial charge in [-0.15, -0.1) is 0 Å². The predicted octanol–water partition coefficient (Wildman–Crippen LogP) is 3.23. The Morgan fingerprint density at radius 3 is 2.31 bits per heavy atom. The number of carbonyl (C=O) groups is 3. The number of carboxylic acid groups (broad SMARTS) is 1. The van der Waals surface area contributed by atoms with Crippen molar-refractivity contribution in [3.05, 3.63) is 59.7 Å². The molecule has 2 aromatic rings. The van der Waals surface area contributed by atoms with Gasteiger partial charge in [0.25, 0.3) is 0 Å². The molecule has 1 saturated carbocycles. The maximum absolute atomic E-state index is 12.6. The first-order chi connectivity index (χ1) is 17.0. The number of carbonyl (C=O) groups excluding carboxylic acids is 2. The second kappa shape index (κ2) is 11.3. The molecule has 0 radical (unpaired) electrons. The normalized spacial score (nSPS) is 19.8. The minimum absolute atomic E-state index is 0.0236. The summed E-state index contributed by atoms with van der Waals surface area (Å²) in [5, 5.41) is 12.0. The van der Waals surface area contributed by atoms with Crippen LogP contribution in [0.1, 0.15) is 42.7 Å². The molecule has 4 rings (SSSR count). The Kier molecular flexibility index (Phi) is 7.99. The molecule has 9 heteroatoms. The molecule has 2 aromatic carbocycles. The number of nitrogens with one attached hydrogen (secondary N) is 2. The zero-order chi connectivity index (χ0) is 24.8. The summed E-state index contributed by atoms with van der Waals surface area (Å²) in [5.74, 6) is -2.07. The van der Waals surface area contributed by atoms with Gasteiger partial charge >= 0.3 is 12.1 Å². The molecule has 1 fully saturated rings. The van der Waals surface area contributed by atoms with E-state index in [0.717, 1.165) is 35.1 Å². The monoisotopic (exact) mass is 482 g/mol. The van der Waals surface area contributed by atoms with Gasteiger partial charge in [0.15, 0.2) is 0 Å². The van der Waals surface area contributed by atoms with Gasteiger partial charge in [-0.2, -0.15) is 0 Å². The number of amides is 2. The standard InChI is InChI=1S/C26H30N2O7/c1-33-15-23(25(30)31)35-28-24(29)16-7-6-8-17(13-16)27-26(32)34-14-22-20-11-4-2-9-18(20)19-10-3-5-12-21(19)22/h2-5,9-12,16-17,22-23H,6-8,13-15H2,1H3,(H,27,32)(H,28,29)(H,30,31)/t16-,17-,23?/m1/s1. The van der Waals surface area contributed by atoms with Crippen LogP contribution in [0.4, 0.5) is 4.79 Å². The Morgan fingerprint density at radius 2 is 1.69 bits per heavy atom. The van der Waals surface area contributed by atoms with Gasteiger partial charge in [0, 0.05) is 25.0 Å². The van der Waals surface area contributed by atoms with E-state index in [0.29, 0.717) is 12.8 Å². The second-order valence-corrected chi connectivity index (χ2v) is 8.90. The largest absolute Gasteiger partial charge is 0.479 e. The van der Waals surface area contributed by atoms with Gasteiger partial charge in [-0.1, -0.05) is 55.0 Å². The lowest BCUT2D eigenvalue weighted by molar-refractivity contribution is -0.166. The minimum atomic E-state index is -1.29. The van der Waals surface area contributed by atoms with Gasteiger partial charge in [0.05, 0.1) is 6.61 Å². The second-order valence-electron chi connectivity index (χ2n) is 8.90. The highest BCUT2D eigenvalue weighted by Crippen LogP contribution is 2.44. The van der Waals surface area contributed by atoms with Gasteiger partial charge < -0.3 is 19.9 Å². The molecule has 0 bridgehead atoms. The fraction of sp³-hybridized carbons (Fsp3) is 0.423. The summed E-state index contributed by atoms with van der Waals surface area (Å²) in [6, 6.07) is 16.1. The molecule has 2 amide bonds. The van der Waals surface area contributed by atoms with Crippen molar-refractivity contribution in [3.63, 3.8) is 0 Å². The average Bonchev–Trinajstić information content (AvgIpc) is 3.19. The van der Waals surface area contributed by atoms with Crippen molar-refractivity contribution >= 4 is 18.0 Å². The van der Waals surface area contributed by atoms with Gasteiger partial charge in [0.2, 0.25) is 12.0 Å². The van der Waals surface area contributed by atoms with Crippen molar-refractivity contribution in [3.8, 4) is 11.1 Å². The number of carboxylic acids is 1. The van der Waals surface area contributed by atoms with Gasteiger partial charge in [0.1, 0.15) is 6.61 Å². The summed E-state index contributed by atoms with van der Waals surface area (Å²) >= 11 is 0. The minimum Gasteiger partial charge on any atom is -0.479 e. The number of hydroxylamine groups is 1. The Bertz CT molecular complexity index is 1030. The zero-order valence-corrected chi connectivity index (χ0v) is 19.6. The van der Waals surface area contributed by atoms with Gasteiger partial charge in [-0.05, 0) is 41.5 Å². The van der Waals surface area contributed by atoms with Crippen molar-refractivity contribution in [2.75, 3.05) is 20.3 Å². The van der Waals surface area contributed by atoms with Crippen molar-refractivity contribution in [2.24, 2.45) is 5.92 Å². The van der Waals surface area contributed by atoms with Crippen molar-refractivity contribution in [1.82, 2.24) is 10.8 Å². The number of methoxy groups -OCH3 is 1. The molecule has 3 atom stereocenters. The van der Waals surface area contributed by atoms with E-state index in [1.165, 1.54) is 7.11 Å². The number of fused-ring (bicyclic) bond motifs is 3. The molecule has 3 N–H and O–H groups in total. The summed E-state index contributed by atoms with van der Waals surface area (Å²) in [5.41, 5.74) is 6.84. The third-order valence-electron chi connectivity index (χ3n) is 6.61. The van der Waals surface area contributed by atoms with Gasteiger partial charge in [-0.3, -0.25) is 9.63 Å². The third kappa shape index (κ3) is 5.80. The summed E-state index contributed by atoms with van der Waals surface area (Å²) in [4.78, 5) is 41.2. The van der Waals surface area contributed by atoms with Crippen LogP contribution in [0, 0.1) is 5.92 Å². The molecule has 1 unspecified atom stereocenters. The van der Waals surface area contributed by atoms with Crippen LogP contribution < -0.4 is 10.8 Å². The molecular formula is C26H30N2O7. The number of hydrogen-bond donors (Lipinski definition) is 3. The lowest BCUT2D eigenvalue weighted by atomic mass is 9.85. The van der Waals surface area contributed by atoms with Crippen molar-refractivity contribution in [1.29, 1.82) is 0 Å². The molecule has 186 valence electrons. The average molecular weight is 483 g/mol. The van der Waals surface area contributed by atoms with Crippen LogP contribution in [0.25, 0.3) is 11.1 Å². The van der Waals surface area contributed by atoms with Crippen LogP contribution in [0.15, 0.2) is 48.5 Å². The van der Waals surface area contributed by atoms with Crippen LogP contribution in [-0.4, -0.2) is 55.5 Å². The van der Waals surface area contributed by atoms with E-state index >= 15 is 0 Å². The number of hydrogen-bond acceptors (Lipinski definition) is 6. The van der Waals surface area contributed by atoms with Crippen LogP contribution in [0.5, 0.6) is 0 Å². The van der Waals surface area contributed by atoms with Crippen molar-refractivity contribution < 1.29 is 33.8 Å². The quantitative estimate of drug-likeness (QED) is 0.469. The molecule has 9 nitrogen and oxygen atoms in total. The topological polar surface area (TPSA) is 123 Å². The number of rotatable bonds is 9. The van der Waals surface area contributed by atoms with E-state index in [1.54, 1.807) is 0 Å². The summed E-state index contributed by atoms with van der Waals surface area (Å²) in [6.07, 6.45) is 0.715. The zero-order valence-electron chi connectivity index (χ0n) is 19.6. The maximum Gasteiger partial charge on any atom is 0.407 e. The van der Waals surface area contributed by atoms with E-state index in [2.05, 4.69) is 35.1 Å². The first kappa shape index (κ1) is 24.7. The molecular weight excluding hydrogens is 452 g/mol. The Labute approximate surface area is 203 Å². The van der Waals surface area contributed by atoms with E-state index in [-0.39, 0.29) is 25.2 Å². The third-order valence-corrected chi connectivity index (χ3v) is 6.61.